The van der Waals surface area contributed by atoms with Crippen LogP contribution in [0.3, 0.4) is 0 Å². The van der Waals surface area contributed by atoms with Crippen molar-refractivity contribution in [1.82, 2.24) is 0 Å². The summed E-state index contributed by atoms with van der Waals surface area (Å²) in [5.41, 5.74) is 0.995. The molecule has 0 fully saturated rings. The zero-order valence-electron chi connectivity index (χ0n) is 16.5. The van der Waals surface area contributed by atoms with Gasteiger partial charge in [-0.05, 0) is 48.5 Å². The Morgan fingerprint density at radius 3 is 2.52 bits per heavy atom. The van der Waals surface area contributed by atoms with Crippen molar-refractivity contribution in [2.75, 3.05) is 19.1 Å². The molecule has 3 aromatic rings. The molecule has 0 radical (unpaired) electrons. The number of halogens is 1. The van der Waals surface area contributed by atoms with Crippen LogP contribution in [0, 0.1) is 21.4 Å². The third-order valence-corrected chi connectivity index (χ3v) is 4.65. The van der Waals surface area contributed by atoms with E-state index in [1.54, 1.807) is 31.3 Å². The minimum Gasteiger partial charge on any atom is -0.493 e. The lowest BCUT2D eigenvalue weighted by Crippen LogP contribution is -2.26. The van der Waals surface area contributed by atoms with Gasteiger partial charge in [-0.25, -0.2) is 0 Å². The van der Waals surface area contributed by atoms with Crippen molar-refractivity contribution in [3.63, 3.8) is 0 Å². The molecule has 0 aromatic heterocycles. The first kappa shape index (κ1) is 21.6. The van der Waals surface area contributed by atoms with Gasteiger partial charge in [0.25, 0.3) is 5.91 Å². The lowest BCUT2D eigenvalue weighted by atomic mass is 10.1. The quantitative estimate of drug-likeness (QED) is 0.387. The second kappa shape index (κ2) is 9.15. The van der Waals surface area contributed by atoms with Crippen LogP contribution in [0.25, 0.3) is 0 Å². The maximum Gasteiger partial charge on any atom is 0.313 e. The van der Waals surface area contributed by atoms with Gasteiger partial charge in [0.05, 0.1) is 23.7 Å². The first-order chi connectivity index (χ1) is 14.8. The number of nitriles is 1. The number of methoxy groups -OCH3 is 1. The molecule has 0 saturated carbocycles. The van der Waals surface area contributed by atoms with E-state index < -0.39 is 4.92 Å². The Morgan fingerprint density at radius 1 is 1.10 bits per heavy atom. The molecular formula is C22H16ClN3O5. The molecule has 0 aliphatic rings. The smallest absolute Gasteiger partial charge is 0.313 e. The highest BCUT2D eigenvalue weighted by atomic mass is 35.5. The zero-order valence-corrected chi connectivity index (χ0v) is 17.3. The van der Waals surface area contributed by atoms with Crippen LogP contribution in [0.15, 0.2) is 60.7 Å². The van der Waals surface area contributed by atoms with Gasteiger partial charge in [0.2, 0.25) is 5.75 Å². The van der Waals surface area contributed by atoms with Crippen LogP contribution < -0.4 is 14.4 Å². The molecule has 3 rings (SSSR count). The molecule has 31 heavy (non-hydrogen) atoms. The Labute approximate surface area is 183 Å². The predicted molar refractivity (Wildman–Crippen MR) is 115 cm³/mol. The van der Waals surface area contributed by atoms with E-state index in [-0.39, 0.29) is 33.9 Å². The number of nitrogens with zero attached hydrogens (tertiary/aromatic N) is 3. The highest BCUT2D eigenvalue weighted by Gasteiger charge is 2.20. The van der Waals surface area contributed by atoms with Gasteiger partial charge < -0.3 is 14.4 Å². The van der Waals surface area contributed by atoms with Gasteiger partial charge in [0.15, 0.2) is 11.5 Å². The average molecular weight is 438 g/mol. The Kier molecular flexibility index (Phi) is 6.38. The summed E-state index contributed by atoms with van der Waals surface area (Å²) in [4.78, 5) is 25.0. The zero-order chi connectivity index (χ0) is 22.5. The van der Waals surface area contributed by atoms with Crippen molar-refractivity contribution < 1.29 is 19.2 Å². The molecule has 156 valence electrons. The van der Waals surface area contributed by atoms with E-state index in [0.717, 1.165) is 0 Å². The molecule has 0 spiro atoms. The average Bonchev–Trinajstić information content (AvgIpc) is 2.79. The first-order valence-corrected chi connectivity index (χ1v) is 9.30. The van der Waals surface area contributed by atoms with Crippen LogP contribution in [-0.2, 0) is 0 Å². The van der Waals surface area contributed by atoms with Crippen molar-refractivity contribution in [3.8, 4) is 23.3 Å². The van der Waals surface area contributed by atoms with Crippen LogP contribution in [0.5, 0.6) is 17.2 Å². The summed E-state index contributed by atoms with van der Waals surface area (Å²) in [7, 11) is 2.99. The van der Waals surface area contributed by atoms with Crippen LogP contribution in [0.1, 0.15) is 15.9 Å². The van der Waals surface area contributed by atoms with E-state index in [4.69, 9.17) is 26.3 Å². The van der Waals surface area contributed by atoms with Crippen molar-refractivity contribution in [3.05, 3.63) is 86.9 Å². The van der Waals surface area contributed by atoms with Gasteiger partial charge in [0.1, 0.15) is 0 Å². The van der Waals surface area contributed by atoms with E-state index in [9.17, 15) is 14.9 Å². The molecule has 0 aliphatic heterocycles. The Morgan fingerprint density at radius 2 is 1.84 bits per heavy atom. The summed E-state index contributed by atoms with van der Waals surface area (Å²) >= 11 is 5.83. The molecule has 3 aromatic carbocycles. The molecule has 0 bridgehead atoms. The van der Waals surface area contributed by atoms with Crippen molar-refractivity contribution >= 4 is 28.9 Å². The number of carbonyl (C=O) groups is 1. The first-order valence-electron chi connectivity index (χ1n) is 8.92. The second-order valence-corrected chi connectivity index (χ2v) is 6.80. The van der Waals surface area contributed by atoms with Gasteiger partial charge in [-0.15, -0.1) is 0 Å². The number of anilines is 1. The van der Waals surface area contributed by atoms with E-state index in [1.165, 1.54) is 48.4 Å². The summed E-state index contributed by atoms with van der Waals surface area (Å²) in [6.07, 6.45) is 0. The lowest BCUT2D eigenvalue weighted by Gasteiger charge is -2.18. The van der Waals surface area contributed by atoms with Crippen LogP contribution in [0.4, 0.5) is 11.4 Å². The third kappa shape index (κ3) is 4.74. The van der Waals surface area contributed by atoms with Gasteiger partial charge in [-0.1, -0.05) is 17.7 Å². The second-order valence-electron chi connectivity index (χ2n) is 6.36. The standard InChI is InChI=1S/C22H16ClN3O5/c1-25(17-5-3-4-14(10-17)13-24)22(27)15-6-8-20(21(11-15)30-2)31-19-9-7-16(23)12-18(19)26(28)29/h3-12H,1-2H3. The Bertz CT molecular complexity index is 1210. The minimum absolute atomic E-state index is 0.0165. The minimum atomic E-state index is -0.601. The fourth-order valence-corrected chi connectivity index (χ4v) is 2.98. The molecule has 0 saturated heterocycles. The van der Waals surface area contributed by atoms with Crippen molar-refractivity contribution in [1.29, 1.82) is 5.26 Å². The van der Waals surface area contributed by atoms with E-state index in [0.29, 0.717) is 16.8 Å². The van der Waals surface area contributed by atoms with Gasteiger partial charge >= 0.3 is 5.69 Å². The maximum atomic E-state index is 12.9. The van der Waals surface area contributed by atoms with Crippen LogP contribution in [0.2, 0.25) is 5.02 Å². The molecule has 1 amide bonds. The summed E-state index contributed by atoms with van der Waals surface area (Å²) in [6.45, 7) is 0. The number of ether oxygens (including phenoxy) is 2. The van der Waals surface area contributed by atoms with Gasteiger partial charge in [0, 0.05) is 29.4 Å². The van der Waals surface area contributed by atoms with Crippen molar-refractivity contribution in [2.24, 2.45) is 0 Å². The Hall–Kier alpha value is -4.09. The Balaban J connectivity index is 1.90. The maximum absolute atomic E-state index is 12.9. The van der Waals surface area contributed by atoms with Crippen LogP contribution in [-0.4, -0.2) is 25.0 Å². The third-order valence-electron chi connectivity index (χ3n) is 4.42. The number of hydrogen-bond acceptors (Lipinski definition) is 6. The number of hydrogen-bond donors (Lipinski definition) is 0. The highest BCUT2D eigenvalue weighted by Crippen LogP contribution is 2.38. The lowest BCUT2D eigenvalue weighted by molar-refractivity contribution is -0.385. The topological polar surface area (TPSA) is 106 Å². The molecule has 0 atom stereocenters. The predicted octanol–water partition coefficient (Wildman–Crippen LogP) is 5.20. The summed E-state index contributed by atoms with van der Waals surface area (Å²) in [5.74, 6) is 0.0579. The molecule has 0 unspecified atom stereocenters. The molecule has 8 nitrogen and oxygen atoms in total. The number of amides is 1. The van der Waals surface area contributed by atoms with Crippen LogP contribution >= 0.6 is 11.6 Å². The highest BCUT2D eigenvalue weighted by molar-refractivity contribution is 6.30. The summed E-state index contributed by atoms with van der Waals surface area (Å²) in [6, 6.07) is 17.2. The molecule has 0 heterocycles. The van der Waals surface area contributed by atoms with Gasteiger partial charge in [-0.3, -0.25) is 14.9 Å². The molecular weight excluding hydrogens is 422 g/mol. The molecule has 9 heteroatoms. The monoisotopic (exact) mass is 437 g/mol. The molecule has 0 N–H and O–H groups in total. The fraction of sp³-hybridized carbons (Fsp3) is 0.0909. The number of nitro benzene ring substituents is 1. The summed E-state index contributed by atoms with van der Waals surface area (Å²) in [5, 5.41) is 20.5. The fourth-order valence-electron chi connectivity index (χ4n) is 2.82. The van der Waals surface area contributed by atoms with E-state index in [2.05, 4.69) is 0 Å². The molecule has 0 aliphatic carbocycles. The normalized spacial score (nSPS) is 10.1. The van der Waals surface area contributed by atoms with E-state index >= 15 is 0 Å². The van der Waals surface area contributed by atoms with Gasteiger partial charge in [-0.2, -0.15) is 5.26 Å². The SMILES string of the molecule is COc1cc(C(=O)N(C)c2cccc(C#N)c2)ccc1Oc1ccc(Cl)cc1[N+](=O)[O-]. The number of nitro groups is 1. The number of benzene rings is 3. The van der Waals surface area contributed by atoms with Crippen molar-refractivity contribution in [2.45, 2.75) is 0 Å². The number of rotatable bonds is 6. The largest absolute Gasteiger partial charge is 0.493 e. The number of carbonyl (C=O) groups excluding carboxylic acids is 1. The summed E-state index contributed by atoms with van der Waals surface area (Å²) < 4.78 is 11.0. The van der Waals surface area contributed by atoms with E-state index in [1.807, 2.05) is 6.07 Å².